The number of piperazine rings is 1. The van der Waals surface area contributed by atoms with Crippen LogP contribution < -0.4 is 4.74 Å². The van der Waals surface area contributed by atoms with Gasteiger partial charge in [-0.25, -0.2) is 9.07 Å². The molecule has 0 radical (unpaired) electrons. The first kappa shape index (κ1) is 20.1. The lowest BCUT2D eigenvalue weighted by molar-refractivity contribution is 0.0632. The van der Waals surface area contributed by atoms with Gasteiger partial charge in [-0.3, -0.25) is 9.69 Å². The van der Waals surface area contributed by atoms with Crippen LogP contribution in [0, 0.1) is 5.82 Å². The van der Waals surface area contributed by atoms with Gasteiger partial charge in [-0.1, -0.05) is 24.3 Å². The number of nitrogens with zero attached hydrogens (tertiary/aromatic N) is 4. The van der Waals surface area contributed by atoms with Gasteiger partial charge in [0.05, 0.1) is 7.11 Å². The van der Waals surface area contributed by atoms with E-state index in [1.54, 1.807) is 37.6 Å². The number of ether oxygens (including phenoxy) is 1. The lowest BCUT2D eigenvalue weighted by Crippen LogP contribution is -2.49. The van der Waals surface area contributed by atoms with Crippen LogP contribution in [0.3, 0.4) is 0 Å². The average Bonchev–Trinajstić information content (AvgIpc) is 3.28. The van der Waals surface area contributed by atoms with Crippen molar-refractivity contribution >= 4 is 5.91 Å². The zero-order valence-electron chi connectivity index (χ0n) is 17.0. The van der Waals surface area contributed by atoms with Crippen molar-refractivity contribution < 1.29 is 13.9 Å². The minimum Gasteiger partial charge on any atom is -0.497 e. The molecule has 0 atom stereocenters. The van der Waals surface area contributed by atoms with E-state index in [1.807, 2.05) is 17.0 Å². The van der Waals surface area contributed by atoms with Crippen LogP contribution in [0.15, 0.2) is 60.8 Å². The maximum Gasteiger partial charge on any atom is 0.274 e. The molecular weight excluding hydrogens is 383 g/mol. The van der Waals surface area contributed by atoms with Crippen molar-refractivity contribution in [3.05, 3.63) is 77.9 Å². The Morgan fingerprint density at radius 2 is 1.77 bits per heavy atom. The van der Waals surface area contributed by atoms with Gasteiger partial charge in [0.25, 0.3) is 5.91 Å². The second-order valence-corrected chi connectivity index (χ2v) is 7.33. The molecule has 2 aromatic carbocycles. The summed E-state index contributed by atoms with van der Waals surface area (Å²) < 4.78 is 20.6. The minimum absolute atomic E-state index is 0.111. The number of methoxy groups -OCH3 is 1. The summed E-state index contributed by atoms with van der Waals surface area (Å²) >= 11 is 0. The number of benzene rings is 2. The van der Waals surface area contributed by atoms with Crippen molar-refractivity contribution in [1.82, 2.24) is 19.6 Å². The molecule has 0 unspecified atom stereocenters. The van der Waals surface area contributed by atoms with Crippen LogP contribution in [0.2, 0.25) is 0 Å². The van der Waals surface area contributed by atoms with E-state index < -0.39 is 0 Å². The van der Waals surface area contributed by atoms with Gasteiger partial charge in [-0.2, -0.15) is 5.10 Å². The van der Waals surface area contributed by atoms with Crippen LogP contribution in [-0.2, 0) is 6.42 Å². The van der Waals surface area contributed by atoms with E-state index in [-0.39, 0.29) is 11.7 Å². The van der Waals surface area contributed by atoms with Gasteiger partial charge in [-0.15, -0.1) is 0 Å². The monoisotopic (exact) mass is 408 g/mol. The normalized spacial score (nSPS) is 14.7. The number of rotatable bonds is 6. The summed E-state index contributed by atoms with van der Waals surface area (Å²) in [6.45, 7) is 3.93. The highest BCUT2D eigenvalue weighted by Crippen LogP contribution is 2.15. The van der Waals surface area contributed by atoms with Gasteiger partial charge in [0.1, 0.15) is 17.3 Å². The Labute approximate surface area is 175 Å². The summed E-state index contributed by atoms with van der Waals surface area (Å²) in [5.74, 6) is 0.383. The van der Waals surface area contributed by atoms with Gasteiger partial charge >= 0.3 is 0 Å². The zero-order valence-corrected chi connectivity index (χ0v) is 17.0. The van der Waals surface area contributed by atoms with Crippen LogP contribution in [0.4, 0.5) is 4.39 Å². The molecule has 1 saturated heterocycles. The number of aromatic nitrogens is 2. The smallest absolute Gasteiger partial charge is 0.274 e. The predicted molar refractivity (Wildman–Crippen MR) is 113 cm³/mol. The Morgan fingerprint density at radius 1 is 1.03 bits per heavy atom. The summed E-state index contributed by atoms with van der Waals surface area (Å²) in [5, 5.41) is 4.29. The highest BCUT2D eigenvalue weighted by Gasteiger charge is 2.23. The first-order valence-electron chi connectivity index (χ1n) is 10.1. The van der Waals surface area contributed by atoms with E-state index in [0.29, 0.717) is 24.5 Å². The summed E-state index contributed by atoms with van der Waals surface area (Å²) in [4.78, 5) is 17.0. The molecule has 6 nitrogen and oxygen atoms in total. The molecule has 0 bridgehead atoms. The van der Waals surface area contributed by atoms with Crippen molar-refractivity contribution in [3.63, 3.8) is 0 Å². The minimum atomic E-state index is -0.370. The van der Waals surface area contributed by atoms with Crippen molar-refractivity contribution in [2.45, 2.75) is 6.42 Å². The topological polar surface area (TPSA) is 50.6 Å². The molecule has 4 rings (SSSR count). The molecule has 0 N–H and O–H groups in total. The summed E-state index contributed by atoms with van der Waals surface area (Å²) in [6.07, 6.45) is 2.59. The third-order valence-electron chi connectivity index (χ3n) is 5.44. The zero-order chi connectivity index (χ0) is 20.9. The Bertz CT molecular complexity index is 994. The maximum atomic E-state index is 13.9. The molecule has 7 heteroatoms. The Morgan fingerprint density at radius 3 is 2.47 bits per heavy atom. The van der Waals surface area contributed by atoms with E-state index in [1.165, 1.54) is 16.3 Å². The Kier molecular flexibility index (Phi) is 6.09. The Hall–Kier alpha value is -3.19. The molecule has 1 aliphatic heterocycles. The summed E-state index contributed by atoms with van der Waals surface area (Å²) in [6, 6.07) is 16.2. The molecule has 1 aliphatic rings. The fourth-order valence-electron chi connectivity index (χ4n) is 3.63. The number of halogens is 1. The van der Waals surface area contributed by atoms with Crippen LogP contribution in [0.25, 0.3) is 5.69 Å². The molecule has 30 heavy (non-hydrogen) atoms. The molecule has 0 aliphatic carbocycles. The van der Waals surface area contributed by atoms with E-state index in [0.717, 1.165) is 31.8 Å². The van der Waals surface area contributed by atoms with Gasteiger partial charge < -0.3 is 9.64 Å². The number of hydrogen-bond donors (Lipinski definition) is 0. The van der Waals surface area contributed by atoms with Crippen LogP contribution in [-0.4, -0.2) is 65.3 Å². The van der Waals surface area contributed by atoms with Crippen LogP contribution in [0.1, 0.15) is 16.1 Å². The van der Waals surface area contributed by atoms with E-state index in [2.05, 4.69) is 22.1 Å². The fourth-order valence-corrected chi connectivity index (χ4v) is 3.63. The van der Waals surface area contributed by atoms with Crippen molar-refractivity contribution in [3.8, 4) is 11.4 Å². The Balaban J connectivity index is 1.29. The third-order valence-corrected chi connectivity index (χ3v) is 5.44. The van der Waals surface area contributed by atoms with Crippen molar-refractivity contribution in [1.29, 1.82) is 0 Å². The number of amides is 1. The lowest BCUT2D eigenvalue weighted by Gasteiger charge is -2.34. The first-order valence-corrected chi connectivity index (χ1v) is 10.1. The second-order valence-electron chi connectivity index (χ2n) is 7.33. The first-order chi connectivity index (χ1) is 14.6. The number of carbonyl (C=O) groups is 1. The molecule has 156 valence electrons. The van der Waals surface area contributed by atoms with E-state index in [4.69, 9.17) is 4.74 Å². The highest BCUT2D eigenvalue weighted by atomic mass is 19.1. The second kappa shape index (κ2) is 9.09. The lowest BCUT2D eigenvalue weighted by atomic mass is 10.1. The van der Waals surface area contributed by atoms with Gasteiger partial charge in [0.15, 0.2) is 5.69 Å². The highest BCUT2D eigenvalue weighted by molar-refractivity contribution is 5.92. The van der Waals surface area contributed by atoms with Gasteiger partial charge in [-0.05, 0) is 42.3 Å². The largest absolute Gasteiger partial charge is 0.497 e. The average molecular weight is 408 g/mol. The maximum absolute atomic E-state index is 13.9. The molecule has 1 aromatic heterocycles. The van der Waals surface area contributed by atoms with Crippen molar-refractivity contribution in [2.24, 2.45) is 0 Å². The molecule has 1 fully saturated rings. The predicted octanol–water partition coefficient (Wildman–Crippen LogP) is 3.02. The standard InChI is InChI=1S/C23H25FN4O2/c1-30-19-8-6-18(7-9-19)10-12-26-14-16-27(17-15-26)23(29)21-11-13-28(25-21)22-5-3-2-4-20(22)24/h2-9,11,13H,10,12,14-17H2,1H3. The number of para-hydroxylation sites is 1. The molecule has 1 amide bonds. The van der Waals surface area contributed by atoms with Crippen molar-refractivity contribution in [2.75, 3.05) is 39.8 Å². The molecule has 2 heterocycles. The SMILES string of the molecule is COc1ccc(CCN2CCN(C(=O)c3ccn(-c4ccccc4F)n3)CC2)cc1. The summed E-state index contributed by atoms with van der Waals surface area (Å²) in [5.41, 5.74) is 1.94. The number of hydrogen-bond acceptors (Lipinski definition) is 4. The quantitative estimate of drug-likeness (QED) is 0.629. The third kappa shape index (κ3) is 4.52. The molecule has 3 aromatic rings. The van der Waals surface area contributed by atoms with E-state index in [9.17, 15) is 9.18 Å². The number of carbonyl (C=O) groups excluding carboxylic acids is 1. The molecule has 0 saturated carbocycles. The molecular formula is C23H25FN4O2. The van der Waals surface area contributed by atoms with Gasteiger partial charge in [0, 0.05) is 38.9 Å². The van der Waals surface area contributed by atoms with Crippen LogP contribution in [0.5, 0.6) is 5.75 Å². The van der Waals surface area contributed by atoms with Crippen LogP contribution >= 0.6 is 0 Å². The van der Waals surface area contributed by atoms with E-state index >= 15 is 0 Å². The summed E-state index contributed by atoms with van der Waals surface area (Å²) in [7, 11) is 1.67. The fraction of sp³-hybridized carbons (Fsp3) is 0.304. The molecule has 0 spiro atoms. The van der Waals surface area contributed by atoms with Gasteiger partial charge in [0.2, 0.25) is 0 Å².